The summed E-state index contributed by atoms with van der Waals surface area (Å²) in [5, 5.41) is 10.3. The minimum absolute atomic E-state index is 0.0851. The molecule has 0 spiro atoms. The molecule has 0 radical (unpaired) electrons. The number of pyridine rings is 1. The van der Waals surface area contributed by atoms with Gasteiger partial charge < -0.3 is 20.6 Å². The first kappa shape index (κ1) is 22.4. The largest absolute Gasteiger partial charge is 0.489 e. The summed E-state index contributed by atoms with van der Waals surface area (Å²) in [5.41, 5.74) is 13.8. The van der Waals surface area contributed by atoms with E-state index in [9.17, 15) is 9.90 Å². The van der Waals surface area contributed by atoms with Crippen LogP contribution in [0.15, 0.2) is 91.3 Å². The summed E-state index contributed by atoms with van der Waals surface area (Å²) in [5.74, 6) is -0.315. The molecule has 2 aromatic heterocycles. The summed E-state index contributed by atoms with van der Waals surface area (Å²) < 4.78 is 6.09. The zero-order valence-corrected chi connectivity index (χ0v) is 19.1. The van der Waals surface area contributed by atoms with E-state index >= 15 is 0 Å². The lowest BCUT2D eigenvalue weighted by atomic mass is 9.97. The number of aliphatic carboxylic acids is 1. The maximum Gasteiger partial charge on any atom is 0.307 e. The SMILES string of the molecule is NCc1cccc(-c2cc(COc3ccccc3CC(=O)O)cc3[nH]c(-c4ccncc4)cc23)c1. The van der Waals surface area contributed by atoms with Gasteiger partial charge in [-0.25, -0.2) is 0 Å². The standard InChI is InChI=1S/C29H25N3O3/c30-17-19-4-3-6-22(12-19)24-13-20(18-35-28-7-2-1-5-23(28)15-29(33)34)14-27-25(24)16-26(32-27)21-8-10-31-11-9-21/h1-14,16,32H,15,17-18,30H2,(H,33,34). The Morgan fingerprint density at radius 2 is 1.74 bits per heavy atom. The topological polar surface area (TPSA) is 101 Å². The van der Waals surface area contributed by atoms with E-state index in [-0.39, 0.29) is 6.42 Å². The third kappa shape index (κ3) is 4.93. The van der Waals surface area contributed by atoms with Gasteiger partial charge in [-0.15, -0.1) is 0 Å². The van der Waals surface area contributed by atoms with E-state index in [2.05, 4.69) is 40.3 Å². The summed E-state index contributed by atoms with van der Waals surface area (Å²) in [6, 6.07) is 25.8. The zero-order valence-electron chi connectivity index (χ0n) is 19.1. The summed E-state index contributed by atoms with van der Waals surface area (Å²) in [6.07, 6.45) is 3.47. The van der Waals surface area contributed by atoms with Crippen LogP contribution in [0.1, 0.15) is 16.7 Å². The van der Waals surface area contributed by atoms with E-state index in [0.29, 0.717) is 24.5 Å². The van der Waals surface area contributed by atoms with Gasteiger partial charge in [-0.05, 0) is 64.7 Å². The van der Waals surface area contributed by atoms with Crippen LogP contribution in [-0.2, 0) is 24.4 Å². The molecule has 0 unspecified atom stereocenters. The van der Waals surface area contributed by atoms with E-state index in [1.807, 2.05) is 36.4 Å². The number of aromatic amines is 1. The van der Waals surface area contributed by atoms with E-state index in [4.69, 9.17) is 10.5 Å². The third-order valence-electron chi connectivity index (χ3n) is 5.97. The fraction of sp³-hybridized carbons (Fsp3) is 0.103. The molecule has 6 nitrogen and oxygen atoms in total. The Morgan fingerprint density at radius 1 is 0.914 bits per heavy atom. The van der Waals surface area contributed by atoms with Gasteiger partial charge in [0.1, 0.15) is 12.4 Å². The van der Waals surface area contributed by atoms with Crippen LogP contribution in [0.5, 0.6) is 5.75 Å². The minimum atomic E-state index is -0.889. The van der Waals surface area contributed by atoms with Crippen molar-refractivity contribution in [2.75, 3.05) is 0 Å². The average Bonchev–Trinajstić information content (AvgIpc) is 3.32. The normalized spacial score (nSPS) is 11.0. The van der Waals surface area contributed by atoms with Gasteiger partial charge in [0.25, 0.3) is 0 Å². The smallest absolute Gasteiger partial charge is 0.307 e. The first-order valence-corrected chi connectivity index (χ1v) is 11.4. The molecule has 6 heteroatoms. The Labute approximate surface area is 203 Å². The third-order valence-corrected chi connectivity index (χ3v) is 5.97. The van der Waals surface area contributed by atoms with Crippen molar-refractivity contribution in [2.24, 2.45) is 5.73 Å². The highest BCUT2D eigenvalue weighted by Crippen LogP contribution is 2.34. The predicted octanol–water partition coefficient (Wildman–Crippen LogP) is 5.56. The van der Waals surface area contributed by atoms with Crippen molar-refractivity contribution in [2.45, 2.75) is 19.6 Å². The monoisotopic (exact) mass is 463 g/mol. The molecule has 174 valence electrons. The fourth-order valence-electron chi connectivity index (χ4n) is 4.29. The second-order valence-electron chi connectivity index (χ2n) is 8.39. The molecule has 0 bridgehead atoms. The maximum absolute atomic E-state index is 11.2. The number of rotatable bonds is 8. The predicted molar refractivity (Wildman–Crippen MR) is 137 cm³/mol. The van der Waals surface area contributed by atoms with Gasteiger partial charge in [0.2, 0.25) is 0 Å². The van der Waals surface area contributed by atoms with Crippen LogP contribution in [0.4, 0.5) is 0 Å². The number of hydrogen-bond donors (Lipinski definition) is 3. The first-order chi connectivity index (χ1) is 17.1. The Balaban J connectivity index is 1.56. The molecule has 0 atom stereocenters. The van der Waals surface area contributed by atoms with Gasteiger partial charge in [0.15, 0.2) is 0 Å². The molecule has 0 saturated carbocycles. The Bertz CT molecular complexity index is 1490. The number of nitrogens with two attached hydrogens (primary N) is 1. The summed E-state index contributed by atoms with van der Waals surface area (Å²) in [7, 11) is 0. The highest BCUT2D eigenvalue weighted by atomic mass is 16.5. The molecule has 0 aliphatic carbocycles. The van der Waals surface area contributed by atoms with Crippen molar-refractivity contribution < 1.29 is 14.6 Å². The van der Waals surface area contributed by atoms with Crippen LogP contribution in [0.2, 0.25) is 0 Å². The molecule has 35 heavy (non-hydrogen) atoms. The molecule has 4 N–H and O–H groups in total. The number of hydrogen-bond acceptors (Lipinski definition) is 4. The molecule has 5 rings (SSSR count). The number of carboxylic acids is 1. The first-order valence-electron chi connectivity index (χ1n) is 11.4. The number of nitrogens with zero attached hydrogens (tertiary/aromatic N) is 1. The fourth-order valence-corrected chi connectivity index (χ4v) is 4.29. The van der Waals surface area contributed by atoms with Gasteiger partial charge in [0, 0.05) is 46.7 Å². The van der Waals surface area contributed by atoms with Crippen molar-refractivity contribution >= 4 is 16.9 Å². The van der Waals surface area contributed by atoms with E-state index in [0.717, 1.165) is 44.4 Å². The van der Waals surface area contributed by atoms with Crippen LogP contribution in [-0.4, -0.2) is 21.0 Å². The van der Waals surface area contributed by atoms with Gasteiger partial charge in [0.05, 0.1) is 6.42 Å². The number of benzene rings is 3. The summed E-state index contributed by atoms with van der Waals surface area (Å²) in [4.78, 5) is 18.9. The number of para-hydroxylation sites is 1. The second-order valence-corrected chi connectivity index (χ2v) is 8.39. The number of carboxylic acid groups (broad SMARTS) is 1. The summed E-state index contributed by atoms with van der Waals surface area (Å²) in [6.45, 7) is 0.773. The van der Waals surface area contributed by atoms with E-state index < -0.39 is 5.97 Å². The van der Waals surface area contributed by atoms with Crippen LogP contribution in [0, 0.1) is 0 Å². The quantitative estimate of drug-likeness (QED) is 0.280. The molecular weight excluding hydrogens is 438 g/mol. The number of ether oxygens (including phenoxy) is 1. The minimum Gasteiger partial charge on any atom is -0.489 e. The lowest BCUT2D eigenvalue weighted by molar-refractivity contribution is -0.136. The molecular formula is C29H25N3O3. The second kappa shape index (κ2) is 9.83. The van der Waals surface area contributed by atoms with Gasteiger partial charge in [-0.1, -0.05) is 36.4 Å². The molecule has 0 amide bonds. The van der Waals surface area contributed by atoms with Crippen molar-refractivity contribution in [3.63, 3.8) is 0 Å². The highest BCUT2D eigenvalue weighted by Gasteiger charge is 2.13. The van der Waals surface area contributed by atoms with Crippen LogP contribution < -0.4 is 10.5 Å². The average molecular weight is 464 g/mol. The van der Waals surface area contributed by atoms with Gasteiger partial charge in [-0.2, -0.15) is 0 Å². The van der Waals surface area contributed by atoms with E-state index in [1.54, 1.807) is 24.5 Å². The molecule has 3 aromatic carbocycles. The number of H-pyrrole nitrogens is 1. The number of carbonyl (C=O) groups is 1. The molecule has 0 fully saturated rings. The molecule has 0 aliphatic heterocycles. The van der Waals surface area contributed by atoms with Crippen molar-refractivity contribution in [3.8, 4) is 28.1 Å². The van der Waals surface area contributed by atoms with Gasteiger partial charge in [-0.3, -0.25) is 9.78 Å². The van der Waals surface area contributed by atoms with Crippen molar-refractivity contribution in [3.05, 3.63) is 108 Å². The van der Waals surface area contributed by atoms with Crippen LogP contribution in [0.3, 0.4) is 0 Å². The highest BCUT2D eigenvalue weighted by molar-refractivity contribution is 5.98. The zero-order chi connectivity index (χ0) is 24.2. The van der Waals surface area contributed by atoms with Gasteiger partial charge >= 0.3 is 5.97 Å². The number of nitrogens with one attached hydrogen (secondary N) is 1. The lowest BCUT2D eigenvalue weighted by Crippen LogP contribution is -2.04. The van der Waals surface area contributed by atoms with E-state index in [1.165, 1.54) is 0 Å². The summed E-state index contributed by atoms with van der Waals surface area (Å²) >= 11 is 0. The van der Waals surface area contributed by atoms with Crippen LogP contribution in [0.25, 0.3) is 33.3 Å². The number of aromatic nitrogens is 2. The number of fused-ring (bicyclic) bond motifs is 1. The molecule has 0 saturated heterocycles. The molecule has 0 aliphatic rings. The van der Waals surface area contributed by atoms with Crippen molar-refractivity contribution in [1.82, 2.24) is 9.97 Å². The Hall–Kier alpha value is -4.42. The Kier molecular flexibility index (Phi) is 6.28. The Morgan fingerprint density at radius 3 is 2.54 bits per heavy atom. The van der Waals surface area contributed by atoms with Crippen molar-refractivity contribution in [1.29, 1.82) is 0 Å². The van der Waals surface area contributed by atoms with Crippen LogP contribution >= 0.6 is 0 Å². The molecule has 5 aromatic rings. The maximum atomic E-state index is 11.2. The lowest BCUT2D eigenvalue weighted by Gasteiger charge is -2.13. The molecule has 2 heterocycles.